The summed E-state index contributed by atoms with van der Waals surface area (Å²) in [4.78, 5) is 24.9. The van der Waals surface area contributed by atoms with Gasteiger partial charge in [-0.3, -0.25) is 4.79 Å². The van der Waals surface area contributed by atoms with Crippen molar-refractivity contribution >= 4 is 17.6 Å². The van der Waals surface area contributed by atoms with E-state index >= 15 is 0 Å². The third-order valence-corrected chi connectivity index (χ3v) is 7.29. The Hall–Kier alpha value is -2.08. The number of aliphatic hydroxyl groups excluding tert-OH is 1. The molecule has 29 heavy (non-hydrogen) atoms. The van der Waals surface area contributed by atoms with Gasteiger partial charge in [-0.25, -0.2) is 4.79 Å². The molecule has 4 saturated carbocycles. The minimum Gasteiger partial charge on any atom is -0.452 e. The van der Waals surface area contributed by atoms with Gasteiger partial charge in [0.1, 0.15) is 0 Å². The number of hydrogen-bond donors (Lipinski definition) is 3. The Morgan fingerprint density at radius 1 is 1.14 bits per heavy atom. The number of nitrogens with one attached hydrogen (secondary N) is 2. The topological polar surface area (TPSA) is 87.7 Å². The second-order valence-corrected chi connectivity index (χ2v) is 9.34. The molecule has 1 amide bonds. The Morgan fingerprint density at radius 3 is 2.38 bits per heavy atom. The highest BCUT2D eigenvalue weighted by Crippen LogP contribution is 2.61. The molecule has 5 rings (SSSR count). The number of carbonyl (C=O) groups excluding carboxylic acids is 2. The van der Waals surface area contributed by atoms with E-state index in [1.807, 2.05) is 0 Å². The average molecular weight is 401 g/mol. The van der Waals surface area contributed by atoms with Crippen LogP contribution in [0.15, 0.2) is 24.3 Å². The summed E-state index contributed by atoms with van der Waals surface area (Å²) in [6.45, 7) is 2.16. The van der Waals surface area contributed by atoms with Crippen LogP contribution in [0, 0.1) is 23.2 Å². The van der Waals surface area contributed by atoms with Crippen LogP contribution in [0.1, 0.15) is 55.8 Å². The highest BCUT2D eigenvalue weighted by Gasteiger charge is 2.53. The summed E-state index contributed by atoms with van der Waals surface area (Å²) < 4.78 is 5.28. The number of esters is 1. The molecule has 0 saturated heterocycles. The summed E-state index contributed by atoms with van der Waals surface area (Å²) >= 11 is 0. The van der Waals surface area contributed by atoms with Crippen LogP contribution in [0.3, 0.4) is 0 Å². The Kier molecular flexibility index (Phi) is 5.81. The lowest BCUT2D eigenvalue weighted by molar-refractivity contribution is -0.128. The van der Waals surface area contributed by atoms with Gasteiger partial charge in [0.15, 0.2) is 6.61 Å². The fourth-order valence-electron chi connectivity index (χ4n) is 6.36. The lowest BCUT2D eigenvalue weighted by Crippen LogP contribution is -2.56. The van der Waals surface area contributed by atoms with Crippen LogP contribution in [0.5, 0.6) is 0 Å². The molecule has 4 fully saturated rings. The second-order valence-electron chi connectivity index (χ2n) is 9.34. The van der Waals surface area contributed by atoms with Crippen molar-refractivity contribution in [3.05, 3.63) is 29.8 Å². The first kappa shape index (κ1) is 20.2. The molecule has 1 aromatic rings. The molecule has 0 spiro atoms. The first-order valence-corrected chi connectivity index (χ1v) is 10.9. The molecule has 4 aliphatic carbocycles. The van der Waals surface area contributed by atoms with Crippen molar-refractivity contribution in [2.24, 2.45) is 23.2 Å². The highest BCUT2D eigenvalue weighted by atomic mass is 16.5. The van der Waals surface area contributed by atoms with Crippen molar-refractivity contribution < 1.29 is 19.4 Å². The van der Waals surface area contributed by atoms with Gasteiger partial charge in [0.25, 0.3) is 5.91 Å². The number of benzene rings is 1. The minimum atomic E-state index is -0.538. The lowest BCUT2D eigenvalue weighted by Gasteiger charge is -2.59. The van der Waals surface area contributed by atoms with Gasteiger partial charge < -0.3 is 20.5 Å². The van der Waals surface area contributed by atoms with Crippen LogP contribution >= 0.6 is 0 Å². The fraction of sp³-hybridized carbons (Fsp3) is 0.652. The first-order chi connectivity index (χ1) is 14.0. The number of aliphatic hydroxyl groups is 1. The van der Waals surface area contributed by atoms with Gasteiger partial charge >= 0.3 is 5.97 Å². The molecule has 158 valence electrons. The van der Waals surface area contributed by atoms with E-state index in [0.717, 1.165) is 17.8 Å². The minimum absolute atomic E-state index is 0.0337. The van der Waals surface area contributed by atoms with Gasteiger partial charge in [-0.1, -0.05) is 12.1 Å². The third-order valence-electron chi connectivity index (χ3n) is 7.29. The summed E-state index contributed by atoms with van der Waals surface area (Å²) in [6.07, 6.45) is 7.81. The molecule has 3 N–H and O–H groups in total. The summed E-state index contributed by atoms with van der Waals surface area (Å²) in [5.74, 6) is 1.73. The van der Waals surface area contributed by atoms with Crippen LogP contribution in [0.4, 0.5) is 5.69 Å². The van der Waals surface area contributed by atoms with E-state index in [-0.39, 0.29) is 30.6 Å². The predicted molar refractivity (Wildman–Crippen MR) is 111 cm³/mol. The molecule has 0 heterocycles. The van der Waals surface area contributed by atoms with Gasteiger partial charge in [-0.2, -0.15) is 0 Å². The van der Waals surface area contributed by atoms with E-state index in [0.29, 0.717) is 17.8 Å². The van der Waals surface area contributed by atoms with E-state index in [1.54, 1.807) is 24.3 Å². The number of hydrogen-bond acceptors (Lipinski definition) is 5. The van der Waals surface area contributed by atoms with Crippen molar-refractivity contribution in [1.82, 2.24) is 5.32 Å². The van der Waals surface area contributed by atoms with Gasteiger partial charge in [-0.15, -0.1) is 0 Å². The fourth-order valence-corrected chi connectivity index (χ4v) is 6.36. The zero-order chi connectivity index (χ0) is 20.4. The van der Waals surface area contributed by atoms with Crippen LogP contribution < -0.4 is 10.6 Å². The Morgan fingerprint density at radius 2 is 1.76 bits per heavy atom. The van der Waals surface area contributed by atoms with Crippen LogP contribution in [-0.4, -0.2) is 42.8 Å². The van der Waals surface area contributed by atoms with Crippen LogP contribution in [-0.2, 0) is 9.53 Å². The monoisotopic (exact) mass is 400 g/mol. The summed E-state index contributed by atoms with van der Waals surface area (Å²) in [7, 11) is 0. The van der Waals surface area contributed by atoms with E-state index in [1.165, 1.54) is 38.5 Å². The first-order valence-electron chi connectivity index (χ1n) is 10.9. The Bertz CT molecular complexity index is 728. The molecule has 6 nitrogen and oxygen atoms in total. The largest absolute Gasteiger partial charge is 0.452 e. The molecule has 4 aliphatic rings. The predicted octanol–water partition coefficient (Wildman–Crippen LogP) is 2.97. The molecular formula is C23H32N2O4. The lowest BCUT2D eigenvalue weighted by atomic mass is 9.48. The van der Waals surface area contributed by atoms with E-state index < -0.39 is 5.97 Å². The molecule has 1 atom stereocenters. The van der Waals surface area contributed by atoms with Crippen LogP contribution in [0.2, 0.25) is 0 Å². The zero-order valence-electron chi connectivity index (χ0n) is 17.2. The van der Waals surface area contributed by atoms with Gasteiger partial charge in [0.05, 0.1) is 12.2 Å². The molecule has 0 aliphatic heterocycles. The smallest absolute Gasteiger partial charge is 0.340 e. The third kappa shape index (κ3) is 4.27. The van der Waals surface area contributed by atoms with E-state index in [9.17, 15) is 9.59 Å². The maximum absolute atomic E-state index is 12.5. The SMILES string of the molecule is C[C@H](NC(=O)COC(=O)c1ccccc1NCCO)C12CC3CC(CC(C3)C1)C2. The number of carbonyl (C=O) groups is 2. The van der Waals surface area contributed by atoms with Crippen molar-refractivity contribution in [1.29, 1.82) is 0 Å². The standard InChI is InChI=1S/C23H32N2O4/c1-15(23-11-16-8-17(12-23)10-18(9-16)13-23)25-21(27)14-29-22(28)19-4-2-3-5-20(19)24-6-7-26/h2-5,15-18,24,26H,6-14H2,1H3,(H,25,27)/t15-,16?,17?,18?,23?/m0/s1. The summed E-state index contributed by atoms with van der Waals surface area (Å²) in [5, 5.41) is 15.1. The molecule has 0 aromatic heterocycles. The van der Waals surface area contributed by atoms with Crippen molar-refractivity contribution in [2.45, 2.75) is 51.5 Å². The Balaban J connectivity index is 1.31. The van der Waals surface area contributed by atoms with E-state index in [4.69, 9.17) is 9.84 Å². The number of amides is 1. The summed E-state index contributed by atoms with van der Waals surface area (Å²) in [6, 6.07) is 7.06. The van der Waals surface area contributed by atoms with Crippen molar-refractivity contribution in [3.8, 4) is 0 Å². The van der Waals surface area contributed by atoms with Crippen molar-refractivity contribution in [3.63, 3.8) is 0 Å². The average Bonchev–Trinajstić information content (AvgIpc) is 2.69. The highest BCUT2D eigenvalue weighted by molar-refractivity contribution is 5.96. The van der Waals surface area contributed by atoms with Gasteiger partial charge in [0.2, 0.25) is 0 Å². The number of rotatable bonds is 8. The Labute approximate surface area is 172 Å². The maximum atomic E-state index is 12.5. The van der Waals surface area contributed by atoms with Gasteiger partial charge in [-0.05, 0) is 80.8 Å². The maximum Gasteiger partial charge on any atom is 0.340 e. The van der Waals surface area contributed by atoms with E-state index in [2.05, 4.69) is 17.6 Å². The van der Waals surface area contributed by atoms with Crippen molar-refractivity contribution in [2.75, 3.05) is 25.1 Å². The molecule has 1 aromatic carbocycles. The zero-order valence-corrected chi connectivity index (χ0v) is 17.2. The molecule has 0 unspecified atom stereocenters. The molecule has 4 bridgehead atoms. The number of ether oxygens (including phenoxy) is 1. The number of para-hydroxylation sites is 1. The number of anilines is 1. The normalized spacial score (nSPS) is 30.6. The van der Waals surface area contributed by atoms with Crippen LogP contribution in [0.25, 0.3) is 0 Å². The van der Waals surface area contributed by atoms with Gasteiger partial charge in [0, 0.05) is 18.3 Å². The second kappa shape index (κ2) is 8.34. The summed E-state index contributed by atoms with van der Waals surface area (Å²) in [5.41, 5.74) is 1.19. The quantitative estimate of drug-likeness (QED) is 0.584. The molecule has 6 heteroatoms. The molecule has 0 radical (unpaired) electrons. The molecular weight excluding hydrogens is 368 g/mol.